The summed E-state index contributed by atoms with van der Waals surface area (Å²) in [7, 11) is 0. The zero-order chi connectivity index (χ0) is 24.3. The number of halogens is 1. The number of aliphatic carboxylic acids is 4. The molecule has 11 heteroatoms. The third-order valence-corrected chi connectivity index (χ3v) is 4.03. The Morgan fingerprint density at radius 3 is 1.78 bits per heavy atom. The van der Waals surface area contributed by atoms with Crippen LogP contribution in [0, 0.1) is 5.82 Å². The molecule has 0 aromatic heterocycles. The molecule has 0 radical (unpaired) electrons. The average molecular weight is 448 g/mol. The van der Waals surface area contributed by atoms with E-state index in [4.69, 9.17) is 50.3 Å². The van der Waals surface area contributed by atoms with Crippen LogP contribution < -0.4 is 5.73 Å². The first-order valence-electron chi connectivity index (χ1n) is 9.11. The SMILES string of the molecule is NCCC1Cc2ccccc2C(c2ccccc2F)=N1.O=C(O)C(=O)O.O=C(O)C(=O)O. The summed E-state index contributed by atoms with van der Waals surface area (Å²) in [6, 6.07) is 15.0. The lowest BCUT2D eigenvalue weighted by Gasteiger charge is -2.23. The summed E-state index contributed by atoms with van der Waals surface area (Å²) in [5.74, 6) is -7.52. The van der Waals surface area contributed by atoms with Crippen molar-refractivity contribution >= 4 is 29.6 Å². The van der Waals surface area contributed by atoms with Gasteiger partial charge in [0.1, 0.15) is 5.82 Å². The van der Waals surface area contributed by atoms with Crippen molar-refractivity contribution in [1.29, 1.82) is 0 Å². The molecule has 32 heavy (non-hydrogen) atoms. The first kappa shape index (κ1) is 25.9. The number of aliphatic imine (C=N–C) groups is 1. The van der Waals surface area contributed by atoms with E-state index in [0.29, 0.717) is 12.1 Å². The second-order valence-corrected chi connectivity index (χ2v) is 6.27. The zero-order valence-electron chi connectivity index (χ0n) is 16.6. The Balaban J connectivity index is 0.000000355. The van der Waals surface area contributed by atoms with E-state index < -0.39 is 23.9 Å². The molecule has 0 bridgehead atoms. The molecule has 1 unspecified atom stereocenters. The van der Waals surface area contributed by atoms with E-state index in [9.17, 15) is 4.39 Å². The van der Waals surface area contributed by atoms with Crippen LogP contribution in [-0.2, 0) is 25.6 Å². The second kappa shape index (κ2) is 12.5. The van der Waals surface area contributed by atoms with Crippen LogP contribution in [0.15, 0.2) is 53.5 Å². The van der Waals surface area contributed by atoms with E-state index >= 15 is 0 Å². The minimum atomic E-state index is -1.82. The number of carboxylic acids is 4. The maximum atomic E-state index is 14.1. The number of nitrogens with two attached hydrogens (primary N) is 1. The summed E-state index contributed by atoms with van der Waals surface area (Å²) in [6.45, 7) is 0.598. The van der Waals surface area contributed by atoms with Crippen LogP contribution in [0.2, 0.25) is 0 Å². The van der Waals surface area contributed by atoms with Gasteiger partial charge in [0.15, 0.2) is 0 Å². The van der Waals surface area contributed by atoms with Crippen molar-refractivity contribution in [2.75, 3.05) is 6.54 Å². The van der Waals surface area contributed by atoms with Crippen molar-refractivity contribution < 1.29 is 44.0 Å². The Hall–Kier alpha value is -4.12. The Labute approximate surface area is 181 Å². The van der Waals surface area contributed by atoms with Gasteiger partial charge < -0.3 is 26.2 Å². The van der Waals surface area contributed by atoms with Gasteiger partial charge in [-0.1, -0.05) is 36.4 Å². The molecule has 1 aliphatic heterocycles. The molecule has 2 aromatic rings. The third-order valence-electron chi connectivity index (χ3n) is 4.03. The molecule has 170 valence electrons. The topological polar surface area (TPSA) is 188 Å². The molecule has 2 aromatic carbocycles. The smallest absolute Gasteiger partial charge is 0.414 e. The van der Waals surface area contributed by atoms with Gasteiger partial charge in [-0.15, -0.1) is 0 Å². The highest BCUT2D eigenvalue weighted by Gasteiger charge is 2.22. The van der Waals surface area contributed by atoms with Crippen molar-refractivity contribution in [3.05, 3.63) is 71.0 Å². The highest BCUT2D eigenvalue weighted by molar-refractivity contribution is 6.27. The molecule has 0 amide bonds. The second-order valence-electron chi connectivity index (χ2n) is 6.27. The zero-order valence-corrected chi connectivity index (χ0v) is 16.6. The predicted octanol–water partition coefficient (Wildman–Crippen LogP) is 1.25. The van der Waals surface area contributed by atoms with Crippen molar-refractivity contribution in [2.24, 2.45) is 10.7 Å². The van der Waals surface area contributed by atoms with Gasteiger partial charge in [0.25, 0.3) is 0 Å². The standard InChI is InChI=1S/C17H17FN2.2C2H2O4/c18-16-8-4-3-7-15(16)17-14-6-2-1-5-12(14)11-13(20-17)9-10-19;2*3-1(4)2(5)6/h1-8,13H,9-11,19H2;2*(H,3,4)(H,5,6). The monoisotopic (exact) mass is 448 g/mol. The van der Waals surface area contributed by atoms with E-state index in [1.54, 1.807) is 12.1 Å². The lowest BCUT2D eigenvalue weighted by molar-refractivity contribution is -0.159. The van der Waals surface area contributed by atoms with Crippen molar-refractivity contribution in [3.63, 3.8) is 0 Å². The fourth-order valence-electron chi connectivity index (χ4n) is 2.71. The van der Waals surface area contributed by atoms with Crippen molar-refractivity contribution in [2.45, 2.75) is 18.9 Å². The molecule has 0 saturated carbocycles. The van der Waals surface area contributed by atoms with Gasteiger partial charge in [-0.3, -0.25) is 4.99 Å². The Kier molecular flexibility index (Phi) is 10.2. The van der Waals surface area contributed by atoms with Crippen molar-refractivity contribution in [1.82, 2.24) is 0 Å². The van der Waals surface area contributed by atoms with Crippen LogP contribution in [0.3, 0.4) is 0 Å². The number of hydrogen-bond acceptors (Lipinski definition) is 6. The summed E-state index contributed by atoms with van der Waals surface area (Å²) < 4.78 is 14.1. The van der Waals surface area contributed by atoms with Crippen molar-refractivity contribution in [3.8, 4) is 0 Å². The number of nitrogens with zero attached hydrogens (tertiary/aromatic N) is 1. The van der Waals surface area contributed by atoms with Crippen LogP contribution in [-0.4, -0.2) is 62.6 Å². The molecule has 1 aliphatic rings. The lowest BCUT2D eigenvalue weighted by atomic mass is 9.89. The number of rotatable bonds is 3. The van der Waals surface area contributed by atoms with Gasteiger partial charge in [0.05, 0.1) is 11.8 Å². The van der Waals surface area contributed by atoms with Crippen LogP contribution in [0.4, 0.5) is 4.39 Å². The van der Waals surface area contributed by atoms with Crippen LogP contribution in [0.1, 0.15) is 23.1 Å². The fraction of sp³-hybridized carbons (Fsp3) is 0.190. The summed E-state index contributed by atoms with van der Waals surface area (Å²) in [5.41, 5.74) is 9.23. The molecule has 10 nitrogen and oxygen atoms in total. The first-order valence-corrected chi connectivity index (χ1v) is 9.11. The molecule has 1 heterocycles. The minimum absolute atomic E-state index is 0.143. The normalized spacial score (nSPS) is 13.7. The number of hydrogen-bond donors (Lipinski definition) is 5. The molecule has 0 fully saturated rings. The molecule has 6 N–H and O–H groups in total. The highest BCUT2D eigenvalue weighted by Crippen LogP contribution is 2.25. The number of carbonyl (C=O) groups is 4. The van der Waals surface area contributed by atoms with E-state index in [1.165, 1.54) is 11.6 Å². The quantitative estimate of drug-likeness (QED) is 0.430. The minimum Gasteiger partial charge on any atom is -0.473 e. The average Bonchev–Trinajstić information content (AvgIpc) is 2.74. The Morgan fingerprint density at radius 2 is 1.31 bits per heavy atom. The predicted molar refractivity (Wildman–Crippen MR) is 110 cm³/mol. The Morgan fingerprint density at radius 1 is 0.844 bits per heavy atom. The summed E-state index contributed by atoms with van der Waals surface area (Å²) in [5, 5.41) is 29.6. The first-order chi connectivity index (χ1) is 15.1. The van der Waals surface area contributed by atoms with Gasteiger partial charge in [0, 0.05) is 11.1 Å². The van der Waals surface area contributed by atoms with E-state index in [-0.39, 0.29) is 11.9 Å². The van der Waals surface area contributed by atoms with Crippen LogP contribution in [0.5, 0.6) is 0 Å². The maximum absolute atomic E-state index is 14.1. The summed E-state index contributed by atoms with van der Waals surface area (Å²) in [4.78, 5) is 41.1. The van der Waals surface area contributed by atoms with E-state index in [0.717, 1.165) is 24.1 Å². The molecular formula is C21H21FN2O8. The molecular weight excluding hydrogens is 427 g/mol. The summed E-state index contributed by atoms with van der Waals surface area (Å²) in [6.07, 6.45) is 1.71. The van der Waals surface area contributed by atoms with Gasteiger partial charge in [-0.25, -0.2) is 23.6 Å². The lowest BCUT2D eigenvalue weighted by Crippen LogP contribution is -2.24. The largest absolute Gasteiger partial charge is 0.473 e. The summed E-state index contributed by atoms with van der Waals surface area (Å²) >= 11 is 0. The molecule has 0 spiro atoms. The molecule has 0 aliphatic carbocycles. The maximum Gasteiger partial charge on any atom is 0.414 e. The third kappa shape index (κ3) is 7.95. The number of benzene rings is 2. The van der Waals surface area contributed by atoms with Crippen LogP contribution >= 0.6 is 0 Å². The fourth-order valence-corrected chi connectivity index (χ4v) is 2.71. The molecule has 3 rings (SSSR count). The van der Waals surface area contributed by atoms with Crippen LogP contribution in [0.25, 0.3) is 0 Å². The highest BCUT2D eigenvalue weighted by atomic mass is 19.1. The molecule has 0 saturated heterocycles. The van der Waals surface area contributed by atoms with Gasteiger partial charge in [-0.2, -0.15) is 0 Å². The van der Waals surface area contributed by atoms with E-state index in [1.807, 2.05) is 24.3 Å². The van der Waals surface area contributed by atoms with E-state index in [2.05, 4.69) is 6.07 Å². The van der Waals surface area contributed by atoms with Gasteiger partial charge in [0.2, 0.25) is 0 Å². The number of carboxylic acid groups (broad SMARTS) is 4. The molecule has 1 atom stereocenters. The number of fused-ring (bicyclic) bond motifs is 1. The van der Waals surface area contributed by atoms with Gasteiger partial charge in [-0.05, 0) is 37.1 Å². The van der Waals surface area contributed by atoms with Gasteiger partial charge >= 0.3 is 23.9 Å². The Bertz CT molecular complexity index is 974.